The Kier molecular flexibility index (Phi) is 4.26. The van der Waals surface area contributed by atoms with Gasteiger partial charge in [-0.1, -0.05) is 17.3 Å². The minimum Gasteiger partial charge on any atom is -0.360 e. The lowest BCUT2D eigenvalue weighted by atomic mass is 10.1. The van der Waals surface area contributed by atoms with E-state index in [1.165, 1.54) is 6.20 Å². The third-order valence-corrected chi connectivity index (χ3v) is 3.06. The van der Waals surface area contributed by atoms with Gasteiger partial charge in [-0.05, 0) is 17.3 Å². The highest BCUT2D eigenvalue weighted by Gasteiger charge is 2.12. The maximum Gasteiger partial charge on any atom is 0.241 e. The summed E-state index contributed by atoms with van der Waals surface area (Å²) in [7, 11) is 0. The standard InChI is InChI=1S/C13H9ClN8O/c14-5-11-17-13(20-23-11)9-3-1-2-4-10(9)16-7-8(6-15)12-18-21-22-19-12/h1-4,7,16H,5H2,(H,18,19,21,22). The number of benzene rings is 1. The Morgan fingerprint density at radius 1 is 1.43 bits per heavy atom. The highest BCUT2D eigenvalue weighted by Crippen LogP contribution is 2.26. The van der Waals surface area contributed by atoms with Crippen LogP contribution in [0.2, 0.25) is 0 Å². The molecule has 0 unspecified atom stereocenters. The number of allylic oxidation sites excluding steroid dienone is 1. The molecule has 0 radical (unpaired) electrons. The van der Waals surface area contributed by atoms with E-state index in [4.69, 9.17) is 21.4 Å². The number of alkyl halides is 1. The van der Waals surface area contributed by atoms with Crippen molar-refractivity contribution in [3.05, 3.63) is 42.2 Å². The molecule has 0 spiro atoms. The molecule has 0 saturated heterocycles. The summed E-state index contributed by atoms with van der Waals surface area (Å²) in [6.45, 7) is 0. The molecule has 0 bridgehead atoms. The number of nitriles is 1. The van der Waals surface area contributed by atoms with E-state index in [1.54, 1.807) is 0 Å². The molecule has 0 saturated carbocycles. The molecule has 10 heteroatoms. The van der Waals surface area contributed by atoms with Crippen LogP contribution in [0.3, 0.4) is 0 Å². The molecule has 3 rings (SSSR count). The number of halogens is 1. The molecule has 1 aromatic carbocycles. The fourth-order valence-electron chi connectivity index (χ4n) is 1.80. The van der Waals surface area contributed by atoms with E-state index in [2.05, 4.69) is 36.1 Å². The van der Waals surface area contributed by atoms with E-state index in [0.717, 1.165) is 0 Å². The number of H-pyrrole nitrogens is 1. The number of hydrogen-bond donors (Lipinski definition) is 2. The number of rotatable bonds is 5. The zero-order chi connectivity index (χ0) is 16.1. The summed E-state index contributed by atoms with van der Waals surface area (Å²) in [4.78, 5) is 4.18. The number of nitrogens with one attached hydrogen (secondary N) is 2. The number of anilines is 1. The summed E-state index contributed by atoms with van der Waals surface area (Å²) in [5.41, 5.74) is 1.61. The first-order chi connectivity index (χ1) is 11.3. The van der Waals surface area contributed by atoms with Crippen molar-refractivity contribution in [1.82, 2.24) is 30.8 Å². The smallest absolute Gasteiger partial charge is 0.241 e. The molecule has 2 N–H and O–H groups in total. The number of hydrogen-bond acceptors (Lipinski definition) is 8. The van der Waals surface area contributed by atoms with Crippen LogP contribution in [-0.2, 0) is 5.88 Å². The fourth-order valence-corrected chi connectivity index (χ4v) is 1.90. The lowest BCUT2D eigenvalue weighted by Gasteiger charge is -2.05. The molecule has 0 aliphatic rings. The normalized spacial score (nSPS) is 11.2. The Labute approximate surface area is 135 Å². The SMILES string of the molecule is N#CC(=CNc1ccccc1-c1noc(CCl)n1)c1nn[nH]n1. The maximum atomic E-state index is 9.16. The van der Waals surface area contributed by atoms with Crippen LogP contribution in [0.5, 0.6) is 0 Å². The molecule has 114 valence electrons. The Bertz CT molecular complexity index is 864. The van der Waals surface area contributed by atoms with Gasteiger partial charge in [0.25, 0.3) is 0 Å². The van der Waals surface area contributed by atoms with Crippen molar-refractivity contribution in [2.45, 2.75) is 5.88 Å². The minimum atomic E-state index is 0.138. The van der Waals surface area contributed by atoms with E-state index in [-0.39, 0.29) is 17.3 Å². The second-order valence-electron chi connectivity index (χ2n) is 4.24. The summed E-state index contributed by atoms with van der Waals surface area (Å²) < 4.78 is 5.01. The first-order valence-corrected chi connectivity index (χ1v) is 6.94. The molecule has 2 heterocycles. The van der Waals surface area contributed by atoms with Crippen molar-refractivity contribution in [3.63, 3.8) is 0 Å². The van der Waals surface area contributed by atoms with E-state index in [1.807, 2.05) is 30.3 Å². The molecule has 9 nitrogen and oxygen atoms in total. The van der Waals surface area contributed by atoms with Gasteiger partial charge >= 0.3 is 0 Å². The van der Waals surface area contributed by atoms with E-state index in [9.17, 15) is 0 Å². The lowest BCUT2D eigenvalue weighted by Crippen LogP contribution is -1.95. The zero-order valence-corrected chi connectivity index (χ0v) is 12.3. The van der Waals surface area contributed by atoms with Gasteiger partial charge in [0.2, 0.25) is 17.5 Å². The molecule has 3 aromatic rings. The third-order valence-electron chi connectivity index (χ3n) is 2.83. The Morgan fingerprint density at radius 3 is 3.00 bits per heavy atom. The number of nitrogens with zero attached hydrogens (tertiary/aromatic N) is 6. The van der Waals surface area contributed by atoms with Crippen LogP contribution >= 0.6 is 11.6 Å². The van der Waals surface area contributed by atoms with Gasteiger partial charge in [0.15, 0.2) is 0 Å². The molecular formula is C13H9ClN8O. The summed E-state index contributed by atoms with van der Waals surface area (Å²) >= 11 is 5.67. The number of tetrazole rings is 1. The van der Waals surface area contributed by atoms with E-state index >= 15 is 0 Å². The number of aromatic amines is 1. The predicted molar refractivity (Wildman–Crippen MR) is 80.7 cm³/mol. The van der Waals surface area contributed by atoms with Crippen LogP contribution < -0.4 is 5.32 Å². The summed E-state index contributed by atoms with van der Waals surface area (Å²) in [6, 6.07) is 9.30. The second kappa shape index (κ2) is 6.67. The van der Waals surface area contributed by atoms with Crippen LogP contribution in [0.15, 0.2) is 35.0 Å². The molecule has 0 atom stereocenters. The van der Waals surface area contributed by atoms with Crippen molar-refractivity contribution < 1.29 is 4.52 Å². The first-order valence-electron chi connectivity index (χ1n) is 6.40. The molecule has 0 aliphatic heterocycles. The van der Waals surface area contributed by atoms with Crippen molar-refractivity contribution in [1.29, 1.82) is 5.26 Å². The number of aromatic nitrogens is 6. The summed E-state index contributed by atoms with van der Waals surface area (Å²) in [6.07, 6.45) is 1.48. The molecule has 2 aromatic heterocycles. The average Bonchev–Trinajstić information content (AvgIpc) is 3.27. The molecule has 0 fully saturated rings. The molecular weight excluding hydrogens is 320 g/mol. The van der Waals surface area contributed by atoms with Crippen molar-refractivity contribution >= 4 is 22.9 Å². The van der Waals surface area contributed by atoms with Gasteiger partial charge in [-0.15, -0.1) is 21.8 Å². The van der Waals surface area contributed by atoms with Gasteiger partial charge in [-0.25, -0.2) is 0 Å². The monoisotopic (exact) mass is 328 g/mol. The second-order valence-corrected chi connectivity index (χ2v) is 4.51. The Morgan fingerprint density at radius 2 is 2.30 bits per heavy atom. The van der Waals surface area contributed by atoms with Gasteiger partial charge in [0, 0.05) is 17.5 Å². The number of para-hydroxylation sites is 1. The van der Waals surface area contributed by atoms with Crippen molar-refractivity contribution in [2.75, 3.05) is 5.32 Å². The molecule has 0 amide bonds. The van der Waals surface area contributed by atoms with Crippen LogP contribution in [-0.4, -0.2) is 30.8 Å². The summed E-state index contributed by atoms with van der Waals surface area (Å²) in [5.74, 6) is 1.06. The van der Waals surface area contributed by atoms with Gasteiger partial charge in [-0.3, -0.25) is 0 Å². The highest BCUT2D eigenvalue weighted by atomic mass is 35.5. The van der Waals surface area contributed by atoms with E-state index in [0.29, 0.717) is 23.0 Å². The largest absolute Gasteiger partial charge is 0.360 e. The maximum absolute atomic E-state index is 9.16. The highest BCUT2D eigenvalue weighted by molar-refractivity contribution is 6.16. The zero-order valence-electron chi connectivity index (χ0n) is 11.6. The Balaban J connectivity index is 1.91. The lowest BCUT2D eigenvalue weighted by molar-refractivity contribution is 0.391. The first kappa shape index (κ1) is 14.7. The van der Waals surface area contributed by atoms with Crippen LogP contribution in [0, 0.1) is 11.3 Å². The minimum absolute atomic E-state index is 0.138. The molecule has 23 heavy (non-hydrogen) atoms. The van der Waals surface area contributed by atoms with Gasteiger partial charge < -0.3 is 9.84 Å². The van der Waals surface area contributed by atoms with Gasteiger partial charge in [0.1, 0.15) is 17.5 Å². The van der Waals surface area contributed by atoms with Crippen LogP contribution in [0.4, 0.5) is 5.69 Å². The Hall–Kier alpha value is -3.25. The predicted octanol–water partition coefficient (Wildman–Crippen LogP) is 1.97. The summed E-state index contributed by atoms with van der Waals surface area (Å²) in [5, 5.41) is 29.3. The van der Waals surface area contributed by atoms with Crippen LogP contribution in [0.1, 0.15) is 11.7 Å². The van der Waals surface area contributed by atoms with Gasteiger partial charge in [-0.2, -0.15) is 15.5 Å². The van der Waals surface area contributed by atoms with Crippen molar-refractivity contribution in [2.24, 2.45) is 0 Å². The van der Waals surface area contributed by atoms with Crippen molar-refractivity contribution in [3.8, 4) is 17.5 Å². The average molecular weight is 329 g/mol. The fraction of sp³-hybridized carbons (Fsp3) is 0.0769. The van der Waals surface area contributed by atoms with Crippen LogP contribution in [0.25, 0.3) is 17.0 Å². The molecule has 0 aliphatic carbocycles. The topological polar surface area (TPSA) is 129 Å². The third kappa shape index (κ3) is 3.17. The van der Waals surface area contributed by atoms with Gasteiger partial charge in [0.05, 0.1) is 0 Å². The quantitative estimate of drug-likeness (QED) is 0.537. The van der Waals surface area contributed by atoms with E-state index < -0.39 is 0 Å².